The summed E-state index contributed by atoms with van der Waals surface area (Å²) in [6.07, 6.45) is 2.01. The zero-order chi connectivity index (χ0) is 15.0. The summed E-state index contributed by atoms with van der Waals surface area (Å²) in [5.74, 6) is 0. The predicted octanol–water partition coefficient (Wildman–Crippen LogP) is 1.13. The van der Waals surface area contributed by atoms with Gasteiger partial charge in [-0.25, -0.2) is 0 Å². The molecule has 1 aromatic heterocycles. The Morgan fingerprint density at radius 1 is 1.35 bits per heavy atom. The van der Waals surface area contributed by atoms with Gasteiger partial charge in [-0.2, -0.15) is 0 Å². The van der Waals surface area contributed by atoms with Crippen molar-refractivity contribution in [3.8, 4) is 0 Å². The number of nitrogens with zero attached hydrogens (tertiary/aromatic N) is 4. The molecule has 0 atom stereocenters. The average molecular weight is 283 g/mol. The zero-order valence-corrected chi connectivity index (χ0v) is 13.5. The lowest BCUT2D eigenvalue weighted by Gasteiger charge is -2.19. The van der Waals surface area contributed by atoms with Crippen LogP contribution in [0, 0.1) is 0 Å². The van der Waals surface area contributed by atoms with Gasteiger partial charge in [-0.3, -0.25) is 4.68 Å². The normalized spacial score (nSPS) is 12.3. The maximum Gasteiger partial charge on any atom is 0.0965 e. The highest BCUT2D eigenvalue weighted by Crippen LogP contribution is 2.01. The van der Waals surface area contributed by atoms with E-state index in [0.717, 1.165) is 45.1 Å². The van der Waals surface area contributed by atoms with Crippen molar-refractivity contribution in [2.75, 3.05) is 33.4 Å². The van der Waals surface area contributed by atoms with Gasteiger partial charge in [0, 0.05) is 38.0 Å². The van der Waals surface area contributed by atoms with E-state index < -0.39 is 0 Å². The van der Waals surface area contributed by atoms with Crippen molar-refractivity contribution in [1.82, 2.24) is 25.2 Å². The molecule has 0 unspecified atom stereocenters. The molecular formula is C14H29N5O. The van der Waals surface area contributed by atoms with Gasteiger partial charge in [-0.1, -0.05) is 5.21 Å². The second-order valence-corrected chi connectivity index (χ2v) is 6.08. The largest absolute Gasteiger partial charge is 0.380 e. The molecule has 1 rings (SSSR count). The second kappa shape index (κ2) is 8.34. The van der Waals surface area contributed by atoms with E-state index in [1.807, 2.05) is 17.8 Å². The quantitative estimate of drug-likeness (QED) is 0.689. The summed E-state index contributed by atoms with van der Waals surface area (Å²) in [6.45, 7) is 13.5. The molecule has 0 aromatic carbocycles. The van der Waals surface area contributed by atoms with Crippen LogP contribution in [0.1, 0.15) is 33.4 Å². The lowest BCUT2D eigenvalue weighted by molar-refractivity contribution is 0.120. The van der Waals surface area contributed by atoms with Crippen LogP contribution in [0.5, 0.6) is 0 Å². The first-order valence-corrected chi connectivity index (χ1v) is 7.31. The molecule has 116 valence electrons. The van der Waals surface area contributed by atoms with Gasteiger partial charge in [-0.05, 0) is 34.7 Å². The van der Waals surface area contributed by atoms with Crippen LogP contribution in [0.15, 0.2) is 6.20 Å². The van der Waals surface area contributed by atoms with E-state index in [1.165, 1.54) is 0 Å². The zero-order valence-electron chi connectivity index (χ0n) is 13.5. The van der Waals surface area contributed by atoms with Crippen LogP contribution < -0.4 is 5.32 Å². The first-order valence-electron chi connectivity index (χ1n) is 7.31. The minimum absolute atomic E-state index is 0.100. The minimum atomic E-state index is 0.100. The second-order valence-electron chi connectivity index (χ2n) is 6.08. The van der Waals surface area contributed by atoms with Crippen molar-refractivity contribution in [3.63, 3.8) is 0 Å². The Bertz CT molecular complexity index is 372. The van der Waals surface area contributed by atoms with Gasteiger partial charge in [0.05, 0.1) is 18.8 Å². The lowest BCUT2D eigenvalue weighted by Crippen LogP contribution is -2.35. The summed E-state index contributed by atoms with van der Waals surface area (Å²) in [4.78, 5) is 2.24. The number of hydrogen-bond acceptors (Lipinski definition) is 5. The molecule has 6 heteroatoms. The number of nitrogens with one attached hydrogen (secondary N) is 1. The Kier molecular flexibility index (Phi) is 7.12. The van der Waals surface area contributed by atoms with Crippen molar-refractivity contribution in [3.05, 3.63) is 11.9 Å². The van der Waals surface area contributed by atoms with Crippen molar-refractivity contribution >= 4 is 0 Å². The Morgan fingerprint density at radius 3 is 2.75 bits per heavy atom. The fourth-order valence-electron chi connectivity index (χ4n) is 1.63. The van der Waals surface area contributed by atoms with Crippen LogP contribution in [-0.2, 0) is 17.8 Å². The van der Waals surface area contributed by atoms with Gasteiger partial charge in [0.2, 0.25) is 0 Å². The molecule has 1 heterocycles. The molecule has 0 aliphatic carbocycles. The van der Waals surface area contributed by atoms with Crippen LogP contribution in [0.4, 0.5) is 0 Å². The van der Waals surface area contributed by atoms with Gasteiger partial charge in [-0.15, -0.1) is 5.10 Å². The predicted molar refractivity (Wildman–Crippen MR) is 80.6 cm³/mol. The maximum absolute atomic E-state index is 5.34. The number of rotatable bonds is 9. The molecule has 20 heavy (non-hydrogen) atoms. The van der Waals surface area contributed by atoms with Gasteiger partial charge in [0.25, 0.3) is 0 Å². The fraction of sp³-hybridized carbons (Fsp3) is 0.857. The van der Waals surface area contributed by atoms with E-state index in [9.17, 15) is 0 Å². The van der Waals surface area contributed by atoms with Gasteiger partial charge < -0.3 is 15.0 Å². The molecule has 0 saturated carbocycles. The molecule has 1 N–H and O–H groups in total. The molecule has 0 spiro atoms. The molecule has 0 amide bonds. The van der Waals surface area contributed by atoms with Gasteiger partial charge in [0.15, 0.2) is 0 Å². The molecule has 1 aromatic rings. The molecule has 0 bridgehead atoms. The highest BCUT2D eigenvalue weighted by molar-refractivity contribution is 4.93. The Labute approximate surface area is 122 Å². The van der Waals surface area contributed by atoms with Gasteiger partial charge in [0.1, 0.15) is 0 Å². The van der Waals surface area contributed by atoms with Crippen molar-refractivity contribution in [2.24, 2.45) is 0 Å². The van der Waals surface area contributed by atoms with E-state index in [-0.39, 0.29) is 5.54 Å². The summed E-state index contributed by atoms with van der Waals surface area (Å²) in [5.41, 5.74) is 1.08. The topological polar surface area (TPSA) is 55.2 Å². The van der Waals surface area contributed by atoms with Crippen LogP contribution in [0.3, 0.4) is 0 Å². The van der Waals surface area contributed by atoms with E-state index in [4.69, 9.17) is 4.74 Å². The first kappa shape index (κ1) is 17.1. The lowest BCUT2D eigenvalue weighted by atomic mass is 10.1. The van der Waals surface area contributed by atoms with Crippen LogP contribution in [0.25, 0.3) is 0 Å². The van der Waals surface area contributed by atoms with E-state index in [0.29, 0.717) is 0 Å². The number of likely N-dealkylation sites (N-methyl/N-ethyl adjacent to an activating group) is 1. The summed E-state index contributed by atoms with van der Waals surface area (Å²) in [5, 5.41) is 11.7. The highest BCUT2D eigenvalue weighted by Gasteiger charge is 2.10. The van der Waals surface area contributed by atoms with Crippen molar-refractivity contribution < 1.29 is 4.74 Å². The molecule has 0 radical (unpaired) electrons. The van der Waals surface area contributed by atoms with Crippen molar-refractivity contribution in [2.45, 2.75) is 46.3 Å². The van der Waals surface area contributed by atoms with Crippen LogP contribution in [0.2, 0.25) is 0 Å². The number of hydrogen-bond donors (Lipinski definition) is 1. The average Bonchev–Trinajstić information content (AvgIpc) is 2.81. The molecule has 0 fully saturated rings. The Hall–Kier alpha value is -0.980. The third-order valence-electron chi connectivity index (χ3n) is 2.92. The summed E-state index contributed by atoms with van der Waals surface area (Å²) >= 11 is 0. The monoisotopic (exact) mass is 283 g/mol. The van der Waals surface area contributed by atoms with Crippen LogP contribution in [-0.4, -0.2) is 58.8 Å². The SMILES string of the molecule is CCOCCN(C)CCn1cc(CNC(C)(C)C)nn1. The Balaban J connectivity index is 2.26. The molecule has 0 saturated heterocycles. The standard InChI is InChI=1S/C14H29N5O/c1-6-20-10-9-18(5)7-8-19-12-13(16-17-19)11-15-14(2,3)4/h12,15H,6-11H2,1-5H3. The van der Waals surface area contributed by atoms with E-state index in [2.05, 4.69) is 48.3 Å². The first-order chi connectivity index (χ1) is 9.40. The third-order valence-corrected chi connectivity index (χ3v) is 2.92. The van der Waals surface area contributed by atoms with Crippen LogP contribution >= 0.6 is 0 Å². The van der Waals surface area contributed by atoms with E-state index >= 15 is 0 Å². The highest BCUT2D eigenvalue weighted by atomic mass is 16.5. The maximum atomic E-state index is 5.34. The summed E-state index contributed by atoms with van der Waals surface area (Å²) < 4.78 is 7.24. The third kappa shape index (κ3) is 7.57. The fourth-order valence-corrected chi connectivity index (χ4v) is 1.63. The van der Waals surface area contributed by atoms with E-state index in [1.54, 1.807) is 0 Å². The smallest absolute Gasteiger partial charge is 0.0965 e. The minimum Gasteiger partial charge on any atom is -0.380 e. The summed E-state index contributed by atoms with van der Waals surface area (Å²) in [7, 11) is 2.10. The molecule has 0 aliphatic rings. The Morgan fingerprint density at radius 2 is 2.10 bits per heavy atom. The number of ether oxygens (including phenoxy) is 1. The van der Waals surface area contributed by atoms with Gasteiger partial charge >= 0.3 is 0 Å². The van der Waals surface area contributed by atoms with Crippen molar-refractivity contribution in [1.29, 1.82) is 0 Å². The number of aromatic nitrogens is 3. The molecule has 6 nitrogen and oxygen atoms in total. The molecular weight excluding hydrogens is 254 g/mol. The summed E-state index contributed by atoms with van der Waals surface area (Å²) in [6, 6.07) is 0. The molecule has 0 aliphatic heterocycles.